The third-order valence-electron chi connectivity index (χ3n) is 3.70. The number of hydrogen-bond acceptors (Lipinski definition) is 6. The van der Waals surface area contributed by atoms with Crippen molar-refractivity contribution in [1.29, 1.82) is 0 Å². The van der Waals surface area contributed by atoms with Crippen molar-refractivity contribution in [2.45, 2.75) is 6.92 Å². The second kappa shape index (κ2) is 7.39. The van der Waals surface area contributed by atoms with Crippen molar-refractivity contribution in [3.63, 3.8) is 0 Å². The summed E-state index contributed by atoms with van der Waals surface area (Å²) < 4.78 is 0. The molecule has 0 aliphatic rings. The van der Waals surface area contributed by atoms with E-state index >= 15 is 0 Å². The van der Waals surface area contributed by atoms with Crippen LogP contribution in [-0.2, 0) is 0 Å². The summed E-state index contributed by atoms with van der Waals surface area (Å²) in [6.45, 7) is 1.60. The van der Waals surface area contributed by atoms with Crippen LogP contribution in [-0.4, -0.2) is 20.8 Å². The molecule has 26 heavy (non-hydrogen) atoms. The first-order valence-electron chi connectivity index (χ1n) is 7.74. The highest BCUT2D eigenvalue weighted by Gasteiger charge is 2.15. The third-order valence-corrected chi connectivity index (χ3v) is 3.70. The molecule has 0 aliphatic heterocycles. The van der Waals surface area contributed by atoms with Crippen LogP contribution in [0, 0.1) is 17.0 Å². The summed E-state index contributed by atoms with van der Waals surface area (Å²) in [5, 5.41) is 16.7. The minimum atomic E-state index is -0.477. The molecule has 0 saturated carbocycles. The Hall–Kier alpha value is -3.81. The number of carbonyl (C=O) groups excluding carboxylic acids is 1. The highest BCUT2D eigenvalue weighted by Crippen LogP contribution is 2.25. The van der Waals surface area contributed by atoms with Crippen LogP contribution in [0.2, 0.25) is 0 Å². The highest BCUT2D eigenvalue weighted by atomic mass is 16.6. The van der Waals surface area contributed by atoms with Crippen LogP contribution in [0.15, 0.2) is 60.9 Å². The number of carbonyl (C=O) groups is 1. The maximum Gasteiger partial charge on any atom is 0.274 e. The lowest BCUT2D eigenvalue weighted by Gasteiger charge is -2.10. The monoisotopic (exact) mass is 349 g/mol. The summed E-state index contributed by atoms with van der Waals surface area (Å²) in [6.07, 6.45) is 3.22. The normalized spacial score (nSPS) is 10.2. The molecule has 0 unspecified atom stereocenters. The van der Waals surface area contributed by atoms with Crippen LogP contribution in [0.3, 0.4) is 0 Å². The molecule has 8 heteroatoms. The van der Waals surface area contributed by atoms with Gasteiger partial charge in [0.2, 0.25) is 5.95 Å². The largest absolute Gasteiger partial charge is 0.324 e. The van der Waals surface area contributed by atoms with Crippen molar-refractivity contribution in [2.24, 2.45) is 0 Å². The zero-order valence-electron chi connectivity index (χ0n) is 13.8. The number of nitrogens with zero attached hydrogens (tertiary/aromatic N) is 3. The smallest absolute Gasteiger partial charge is 0.274 e. The number of nitro groups is 1. The molecule has 2 N–H and O–H groups in total. The first-order chi connectivity index (χ1) is 12.5. The minimum absolute atomic E-state index is 0.0422. The summed E-state index contributed by atoms with van der Waals surface area (Å²) in [5.74, 6) is 0.0471. The van der Waals surface area contributed by atoms with Gasteiger partial charge in [-0.2, -0.15) is 0 Å². The fraction of sp³-hybridized carbons (Fsp3) is 0.0556. The molecule has 3 aromatic rings. The van der Waals surface area contributed by atoms with Crippen molar-refractivity contribution in [3.05, 3.63) is 82.2 Å². The molecule has 0 radical (unpaired) electrons. The van der Waals surface area contributed by atoms with Gasteiger partial charge in [-0.25, -0.2) is 9.97 Å². The van der Waals surface area contributed by atoms with Gasteiger partial charge in [-0.3, -0.25) is 14.9 Å². The molecule has 8 nitrogen and oxygen atoms in total. The maximum absolute atomic E-state index is 12.5. The van der Waals surface area contributed by atoms with Crippen molar-refractivity contribution in [3.8, 4) is 0 Å². The predicted molar refractivity (Wildman–Crippen MR) is 97.5 cm³/mol. The van der Waals surface area contributed by atoms with Gasteiger partial charge in [-0.1, -0.05) is 12.1 Å². The van der Waals surface area contributed by atoms with E-state index in [2.05, 4.69) is 20.6 Å². The highest BCUT2D eigenvalue weighted by molar-refractivity contribution is 6.05. The Bertz CT molecular complexity index is 960. The summed E-state index contributed by atoms with van der Waals surface area (Å²) >= 11 is 0. The average molecular weight is 349 g/mol. The molecule has 0 fully saturated rings. The molecule has 2 aromatic carbocycles. The molecule has 1 heterocycles. The van der Waals surface area contributed by atoms with E-state index in [1.165, 1.54) is 12.1 Å². The molecule has 1 aromatic heterocycles. The quantitative estimate of drug-likeness (QED) is 0.537. The molecule has 0 bridgehead atoms. The number of anilines is 3. The van der Waals surface area contributed by atoms with Gasteiger partial charge in [0.1, 0.15) is 0 Å². The number of amides is 1. The van der Waals surface area contributed by atoms with Crippen molar-refractivity contribution < 1.29 is 9.72 Å². The fourth-order valence-electron chi connectivity index (χ4n) is 2.38. The van der Waals surface area contributed by atoms with E-state index in [9.17, 15) is 14.9 Å². The van der Waals surface area contributed by atoms with Gasteiger partial charge in [-0.15, -0.1) is 0 Å². The number of hydrogen-bond donors (Lipinski definition) is 2. The fourth-order valence-corrected chi connectivity index (χ4v) is 2.38. The van der Waals surface area contributed by atoms with Crippen LogP contribution in [0.4, 0.5) is 23.0 Å². The Morgan fingerprint density at radius 3 is 2.54 bits per heavy atom. The minimum Gasteiger partial charge on any atom is -0.324 e. The number of nitro benzene ring substituents is 1. The third kappa shape index (κ3) is 3.81. The molecule has 0 aliphatic carbocycles. The van der Waals surface area contributed by atoms with E-state index in [4.69, 9.17) is 0 Å². The number of aromatic nitrogens is 2. The van der Waals surface area contributed by atoms with Crippen LogP contribution in [0.1, 0.15) is 15.9 Å². The summed E-state index contributed by atoms with van der Waals surface area (Å²) in [6, 6.07) is 13.1. The Morgan fingerprint density at radius 2 is 1.81 bits per heavy atom. The van der Waals surface area contributed by atoms with Crippen LogP contribution in [0.25, 0.3) is 0 Å². The molecule has 130 valence electrons. The summed E-state index contributed by atoms with van der Waals surface area (Å²) in [7, 11) is 0. The maximum atomic E-state index is 12.5. The van der Waals surface area contributed by atoms with Gasteiger partial charge in [0.15, 0.2) is 0 Å². The van der Waals surface area contributed by atoms with Gasteiger partial charge in [0.05, 0.1) is 16.2 Å². The van der Waals surface area contributed by atoms with Crippen LogP contribution < -0.4 is 10.6 Å². The molecular formula is C18H15N5O3. The molecular weight excluding hydrogens is 334 g/mol. The van der Waals surface area contributed by atoms with Crippen LogP contribution in [0.5, 0.6) is 0 Å². The van der Waals surface area contributed by atoms with Gasteiger partial charge >= 0.3 is 0 Å². The molecule has 3 rings (SSSR count). The number of nitrogens with one attached hydrogen (secondary N) is 2. The molecule has 0 saturated heterocycles. The van der Waals surface area contributed by atoms with Gasteiger partial charge in [0.25, 0.3) is 11.6 Å². The predicted octanol–water partition coefficient (Wildman–Crippen LogP) is 3.69. The lowest BCUT2D eigenvalue weighted by molar-refractivity contribution is -0.385. The lowest BCUT2D eigenvalue weighted by Crippen LogP contribution is -2.13. The second-order valence-electron chi connectivity index (χ2n) is 5.44. The van der Waals surface area contributed by atoms with Crippen molar-refractivity contribution in [2.75, 3.05) is 10.6 Å². The summed E-state index contributed by atoms with van der Waals surface area (Å²) in [5.41, 5.74) is 1.81. The number of rotatable bonds is 5. The zero-order valence-corrected chi connectivity index (χ0v) is 13.8. The number of benzene rings is 2. The Labute approximate surface area is 149 Å². The second-order valence-corrected chi connectivity index (χ2v) is 5.44. The standard InChI is InChI=1S/C18H15N5O3/c1-12-15(7-3-8-16(12)23(25)26)22-17(24)13-5-2-6-14(11-13)21-18-19-9-4-10-20-18/h2-11H,1H3,(H,22,24)(H,19,20,21). The first-order valence-corrected chi connectivity index (χ1v) is 7.74. The molecule has 0 atom stereocenters. The van der Waals surface area contributed by atoms with Crippen molar-refractivity contribution >= 4 is 28.9 Å². The lowest BCUT2D eigenvalue weighted by atomic mass is 10.1. The SMILES string of the molecule is Cc1c(NC(=O)c2cccc(Nc3ncccn3)c2)cccc1[N+](=O)[O-]. The van der Waals surface area contributed by atoms with Gasteiger partial charge in [0, 0.05) is 29.7 Å². The van der Waals surface area contributed by atoms with E-state index in [1.54, 1.807) is 55.7 Å². The van der Waals surface area contributed by atoms with Gasteiger partial charge in [-0.05, 0) is 37.3 Å². The Morgan fingerprint density at radius 1 is 1.08 bits per heavy atom. The van der Waals surface area contributed by atoms with Crippen molar-refractivity contribution in [1.82, 2.24) is 9.97 Å². The topological polar surface area (TPSA) is 110 Å². The average Bonchev–Trinajstić information content (AvgIpc) is 2.64. The Balaban J connectivity index is 1.80. The molecule has 0 spiro atoms. The van der Waals surface area contributed by atoms with E-state index in [-0.39, 0.29) is 11.6 Å². The van der Waals surface area contributed by atoms with Gasteiger partial charge < -0.3 is 10.6 Å². The summed E-state index contributed by atoms with van der Waals surface area (Å²) in [4.78, 5) is 31.2. The van der Waals surface area contributed by atoms with E-state index in [0.29, 0.717) is 28.5 Å². The van der Waals surface area contributed by atoms with E-state index in [1.807, 2.05) is 0 Å². The first kappa shape index (κ1) is 17.0. The van der Waals surface area contributed by atoms with E-state index in [0.717, 1.165) is 0 Å². The zero-order chi connectivity index (χ0) is 18.5. The van der Waals surface area contributed by atoms with E-state index < -0.39 is 4.92 Å². The molecule has 1 amide bonds. The Kier molecular flexibility index (Phi) is 4.84. The van der Waals surface area contributed by atoms with Crippen LogP contribution >= 0.6 is 0 Å².